The number of hydrogen-bond donors (Lipinski definition) is 3. The Balaban J connectivity index is 1.51. The number of unbranched alkanes of at least 4 members (excludes halogenated alkanes) is 9. The van der Waals surface area contributed by atoms with E-state index in [0.29, 0.717) is 32.2 Å². The van der Waals surface area contributed by atoms with Crippen LogP contribution in [0.15, 0.2) is 0 Å². The first-order chi connectivity index (χ1) is 41.6. The Kier molecular flexibility index (Phi) is 29.0. The first-order valence-electron chi connectivity index (χ1n) is 34.1. The van der Waals surface area contributed by atoms with Crippen LogP contribution in [0.1, 0.15) is 212 Å². The molecule has 9 amide bonds. The van der Waals surface area contributed by atoms with E-state index < -0.39 is 126 Å². The van der Waals surface area contributed by atoms with Gasteiger partial charge in [0, 0.05) is 40.8 Å². The summed E-state index contributed by atoms with van der Waals surface area (Å²) < 4.78 is 6.02. The minimum Gasteiger partial charge on any atom is -0.459 e. The van der Waals surface area contributed by atoms with Crippen LogP contribution in [0.25, 0.3) is 0 Å². The molecule has 3 unspecified atom stereocenters. The lowest BCUT2D eigenvalue weighted by Gasteiger charge is -2.39. The zero-order chi connectivity index (χ0) is 65.3. The van der Waals surface area contributed by atoms with Crippen LogP contribution in [-0.4, -0.2) is 214 Å². The first-order valence-corrected chi connectivity index (χ1v) is 34.1. The Bertz CT molecular complexity index is 2370. The van der Waals surface area contributed by atoms with Crippen molar-refractivity contribution in [1.29, 1.82) is 0 Å². The summed E-state index contributed by atoms with van der Waals surface area (Å²) in [6.45, 7) is 24.3. The van der Waals surface area contributed by atoms with Crippen molar-refractivity contribution in [3.63, 3.8) is 0 Å². The van der Waals surface area contributed by atoms with Gasteiger partial charge in [0.1, 0.15) is 61.0 Å². The Hall–Kier alpha value is -5.34. The number of ether oxygens (including phenoxy) is 1. The van der Waals surface area contributed by atoms with Crippen molar-refractivity contribution in [2.24, 2.45) is 35.5 Å². The zero-order valence-corrected chi connectivity index (χ0v) is 56.7. The van der Waals surface area contributed by atoms with Crippen LogP contribution < -0.4 is 16.0 Å². The van der Waals surface area contributed by atoms with Crippen molar-refractivity contribution < 1.29 is 52.7 Å². The molecule has 5 saturated heterocycles. The molecule has 21 nitrogen and oxygen atoms in total. The molecule has 5 heterocycles. The van der Waals surface area contributed by atoms with Crippen LogP contribution in [0.2, 0.25) is 0 Å². The van der Waals surface area contributed by atoms with Gasteiger partial charge in [0.2, 0.25) is 53.2 Å². The number of amides is 9. The van der Waals surface area contributed by atoms with E-state index in [1.54, 1.807) is 4.90 Å². The summed E-state index contributed by atoms with van der Waals surface area (Å²) in [4.78, 5) is 159. The lowest BCUT2D eigenvalue weighted by Crippen LogP contribution is -2.62. The highest BCUT2D eigenvalue weighted by atomic mass is 16.5. The van der Waals surface area contributed by atoms with E-state index in [9.17, 15) is 33.6 Å². The number of nitrogens with one attached hydrogen (secondary N) is 3. The van der Waals surface area contributed by atoms with Gasteiger partial charge in [-0.1, -0.05) is 140 Å². The average Bonchev–Trinajstić information content (AvgIpc) is 1.73. The molecule has 21 heteroatoms. The minimum atomic E-state index is -1.56. The van der Waals surface area contributed by atoms with Crippen LogP contribution in [0.5, 0.6) is 0 Å². The molecule has 88 heavy (non-hydrogen) atoms. The average molecular weight is 1240 g/mol. The summed E-state index contributed by atoms with van der Waals surface area (Å²) in [5.74, 6) is -6.54. The number of rotatable bonds is 21. The van der Waals surface area contributed by atoms with Gasteiger partial charge in [0.25, 0.3) is 0 Å². The van der Waals surface area contributed by atoms with Gasteiger partial charge in [-0.15, -0.1) is 0 Å². The minimum absolute atomic E-state index is 0.0464. The van der Waals surface area contributed by atoms with E-state index in [4.69, 9.17) is 4.74 Å². The van der Waals surface area contributed by atoms with Crippen molar-refractivity contribution in [2.75, 3.05) is 60.4 Å². The molecular weight excluding hydrogens is 1120 g/mol. The highest BCUT2D eigenvalue weighted by Crippen LogP contribution is 2.32. The van der Waals surface area contributed by atoms with Gasteiger partial charge in [0.15, 0.2) is 0 Å². The van der Waals surface area contributed by atoms with Crippen molar-refractivity contribution in [2.45, 2.75) is 272 Å². The SMILES string of the molecule is CCCCCCCCCCCCN1CCCCC1C(=O)N1C[C@H](C)C[C@H]1C(=O)N(C)C1C(=O)N[C@@H](CC(C)C)C(=O)N2C[C@H](C)C[C@H]2C(=O)NC(CC(C)C)C(=O)N(C)[C@@H](C(C)C)C(=O)N2CCC[C@H]2C(=O)N(C)[C@H](CC(C)C)C(=O)NCC(=O)O[C@@H]1C. The van der Waals surface area contributed by atoms with Gasteiger partial charge >= 0.3 is 5.97 Å². The molecular formula is C67H116N10O11. The topological polar surface area (TPSA) is 239 Å². The third-order valence-electron chi connectivity index (χ3n) is 19.0. The molecule has 0 aliphatic carbocycles. The molecule has 0 aromatic rings. The van der Waals surface area contributed by atoms with Crippen LogP contribution in [0.3, 0.4) is 0 Å². The van der Waals surface area contributed by atoms with Gasteiger partial charge in [-0.25, -0.2) is 0 Å². The van der Waals surface area contributed by atoms with Crippen LogP contribution in [0, 0.1) is 35.5 Å². The third kappa shape index (κ3) is 19.8. The van der Waals surface area contributed by atoms with E-state index in [2.05, 4.69) is 27.8 Å². The number of cyclic esters (lactones) is 1. The van der Waals surface area contributed by atoms with Crippen molar-refractivity contribution in [1.82, 2.24) is 50.2 Å². The number of carbonyl (C=O) groups is 10. The predicted molar refractivity (Wildman–Crippen MR) is 340 cm³/mol. The summed E-state index contributed by atoms with van der Waals surface area (Å²) in [7, 11) is 4.48. The summed E-state index contributed by atoms with van der Waals surface area (Å²) in [5, 5.41) is 8.61. The molecule has 5 fully saturated rings. The highest BCUT2D eigenvalue weighted by Gasteiger charge is 2.49. The molecule has 0 aromatic carbocycles. The number of carbonyl (C=O) groups excluding carboxylic acids is 10. The van der Waals surface area contributed by atoms with E-state index >= 15 is 14.4 Å². The maximum atomic E-state index is 15.3. The lowest BCUT2D eigenvalue weighted by molar-refractivity contribution is -0.160. The van der Waals surface area contributed by atoms with E-state index in [1.165, 1.54) is 97.5 Å². The van der Waals surface area contributed by atoms with Crippen LogP contribution in [0.4, 0.5) is 0 Å². The molecule has 0 saturated carbocycles. The number of hydrogen-bond acceptors (Lipinski definition) is 12. The number of esters is 1. The molecule has 5 aliphatic heterocycles. The molecule has 0 radical (unpaired) electrons. The van der Waals surface area contributed by atoms with E-state index in [-0.39, 0.29) is 74.3 Å². The number of fused-ring (bicyclic) bond motifs is 2. The van der Waals surface area contributed by atoms with E-state index in [1.807, 2.05) is 69.2 Å². The van der Waals surface area contributed by atoms with Crippen molar-refractivity contribution in [3.8, 4) is 0 Å². The summed E-state index contributed by atoms with van der Waals surface area (Å²) in [6, 6.07) is -9.31. The fourth-order valence-corrected chi connectivity index (χ4v) is 14.4. The Labute approximate surface area is 527 Å². The second-order valence-electron chi connectivity index (χ2n) is 28.5. The molecule has 5 rings (SSSR count). The van der Waals surface area contributed by atoms with Gasteiger partial charge in [0.05, 0.1) is 6.04 Å². The molecule has 0 spiro atoms. The number of likely N-dealkylation sites (tertiary alicyclic amines) is 2. The summed E-state index contributed by atoms with van der Waals surface area (Å²) in [5.41, 5.74) is 0. The van der Waals surface area contributed by atoms with Gasteiger partial charge in [-0.2, -0.15) is 0 Å². The van der Waals surface area contributed by atoms with Crippen LogP contribution in [-0.2, 0) is 52.7 Å². The molecule has 5 aliphatic rings. The largest absolute Gasteiger partial charge is 0.459 e. The number of likely N-dealkylation sites (N-methyl/N-ethyl adjacent to an activating group) is 3. The molecule has 3 N–H and O–H groups in total. The third-order valence-corrected chi connectivity index (χ3v) is 19.0. The first kappa shape index (κ1) is 73.4. The fraction of sp³-hybridized carbons (Fsp3) is 0.851. The number of piperidine rings is 1. The Morgan fingerprint density at radius 1 is 0.591 bits per heavy atom. The molecule has 12 atom stereocenters. The maximum absolute atomic E-state index is 15.3. The van der Waals surface area contributed by atoms with Crippen molar-refractivity contribution in [3.05, 3.63) is 0 Å². The van der Waals surface area contributed by atoms with Gasteiger partial charge in [-0.05, 0) is 120 Å². The maximum Gasteiger partial charge on any atom is 0.325 e. The second kappa shape index (κ2) is 34.7. The molecule has 0 bridgehead atoms. The fourth-order valence-electron chi connectivity index (χ4n) is 14.4. The van der Waals surface area contributed by atoms with Gasteiger partial charge in [-0.3, -0.25) is 52.8 Å². The quantitative estimate of drug-likeness (QED) is 0.0821. The molecule has 0 aromatic heterocycles. The lowest BCUT2D eigenvalue weighted by atomic mass is 9.97. The summed E-state index contributed by atoms with van der Waals surface area (Å²) >= 11 is 0. The second-order valence-corrected chi connectivity index (χ2v) is 28.5. The van der Waals surface area contributed by atoms with E-state index in [0.717, 1.165) is 45.2 Å². The standard InChI is InChI=1S/C67H116N10O11/c1-16-17-18-19-20-21-22-23-24-26-31-74-32-27-25-29-51(74)66(86)77-41-47(11)38-55(77)65(85)73(15)58-48(12)88-56(78)39-68-59(79)53(36-44(6)7)71(13)64(84)52-30-28-33-75(52)67(87)57(45(8)9)72(14)62(82)49(34-42(2)3)69-60(80)54-37-46(10)40-76(54)63(83)50(35-43(4)5)70-61(58)81/h42-55,57-58H,16-41H2,1-15H3,(H,68,79)(H,69,80)(H,70,81)/t46-,47-,48-,49?,50+,51?,52+,53-,54+,55+,57+,58?/m1/s1. The monoisotopic (exact) mass is 1240 g/mol. The van der Waals surface area contributed by atoms with Gasteiger partial charge < -0.3 is 50.1 Å². The smallest absolute Gasteiger partial charge is 0.325 e. The number of nitrogens with zero attached hydrogens (tertiary/aromatic N) is 7. The molecule has 500 valence electrons. The Morgan fingerprint density at radius 3 is 1.77 bits per heavy atom. The van der Waals surface area contributed by atoms with Crippen LogP contribution >= 0.6 is 0 Å². The predicted octanol–water partition coefficient (Wildman–Crippen LogP) is 6.53. The summed E-state index contributed by atoms with van der Waals surface area (Å²) in [6.07, 6.45) is 15.2. The van der Waals surface area contributed by atoms with Crippen molar-refractivity contribution >= 4 is 59.1 Å². The highest BCUT2D eigenvalue weighted by molar-refractivity contribution is 5.99. The Morgan fingerprint density at radius 2 is 1.17 bits per heavy atom. The normalized spacial score (nSPS) is 29.1. The zero-order valence-electron chi connectivity index (χ0n) is 56.7.